The molecule has 3 rings (SSSR count). The van der Waals surface area contributed by atoms with Crippen LogP contribution in [0.5, 0.6) is 0 Å². The number of nitrogens with one attached hydrogen (secondary N) is 1. The van der Waals surface area contributed by atoms with Gasteiger partial charge in [0.2, 0.25) is 10.0 Å². The number of sulfonamides is 1. The zero-order valence-electron chi connectivity index (χ0n) is 14.2. The van der Waals surface area contributed by atoms with Gasteiger partial charge < -0.3 is 4.74 Å². The molecule has 2 aromatic rings. The van der Waals surface area contributed by atoms with Crippen LogP contribution in [0.15, 0.2) is 65.6 Å². The fourth-order valence-electron chi connectivity index (χ4n) is 2.97. The van der Waals surface area contributed by atoms with Crippen molar-refractivity contribution < 1.29 is 13.2 Å². The largest absolute Gasteiger partial charge is 0.371 e. The molecule has 1 atom stereocenters. The lowest BCUT2D eigenvalue weighted by atomic mass is 10.1. The van der Waals surface area contributed by atoms with Crippen LogP contribution >= 0.6 is 0 Å². The molecular formula is C19H24N2O3S. The Morgan fingerprint density at radius 1 is 1.04 bits per heavy atom. The highest BCUT2D eigenvalue weighted by Gasteiger charge is 2.21. The van der Waals surface area contributed by atoms with E-state index in [4.69, 9.17) is 4.74 Å². The van der Waals surface area contributed by atoms with E-state index in [1.54, 1.807) is 30.3 Å². The van der Waals surface area contributed by atoms with Crippen LogP contribution in [0.25, 0.3) is 0 Å². The number of morpholine rings is 1. The third-order valence-corrected chi connectivity index (χ3v) is 5.80. The Morgan fingerprint density at radius 2 is 1.72 bits per heavy atom. The number of ether oxygens (including phenoxy) is 1. The van der Waals surface area contributed by atoms with E-state index >= 15 is 0 Å². The van der Waals surface area contributed by atoms with Gasteiger partial charge in [-0.25, -0.2) is 13.1 Å². The third kappa shape index (κ3) is 5.12. The van der Waals surface area contributed by atoms with E-state index in [2.05, 4.69) is 21.8 Å². The van der Waals surface area contributed by atoms with E-state index < -0.39 is 10.0 Å². The molecule has 0 bridgehead atoms. The Kier molecular flexibility index (Phi) is 6.20. The van der Waals surface area contributed by atoms with Crippen molar-refractivity contribution in [3.05, 3.63) is 66.2 Å². The molecule has 0 aromatic heterocycles. The van der Waals surface area contributed by atoms with E-state index in [1.807, 2.05) is 18.2 Å². The van der Waals surface area contributed by atoms with Crippen molar-refractivity contribution in [2.24, 2.45) is 0 Å². The summed E-state index contributed by atoms with van der Waals surface area (Å²) in [5.41, 5.74) is 1.19. The van der Waals surface area contributed by atoms with Gasteiger partial charge in [0.15, 0.2) is 0 Å². The maximum absolute atomic E-state index is 12.2. The molecular weight excluding hydrogens is 336 g/mol. The molecule has 134 valence electrons. The first-order valence-electron chi connectivity index (χ1n) is 8.59. The maximum Gasteiger partial charge on any atom is 0.240 e. The first-order chi connectivity index (χ1) is 12.1. The molecule has 2 aromatic carbocycles. The lowest BCUT2D eigenvalue weighted by molar-refractivity contribution is -0.0300. The van der Waals surface area contributed by atoms with Crippen molar-refractivity contribution in [3.63, 3.8) is 0 Å². The van der Waals surface area contributed by atoms with Gasteiger partial charge in [0.1, 0.15) is 0 Å². The van der Waals surface area contributed by atoms with Gasteiger partial charge in [-0.05, 0) is 30.7 Å². The fourth-order valence-corrected chi connectivity index (χ4v) is 4.06. The predicted octanol–water partition coefficient (Wildman–Crippen LogP) is 2.43. The Bertz CT molecular complexity index is 751. The number of hydrogen-bond donors (Lipinski definition) is 1. The van der Waals surface area contributed by atoms with Crippen molar-refractivity contribution in [1.29, 1.82) is 0 Å². The van der Waals surface area contributed by atoms with E-state index in [-0.39, 0.29) is 6.10 Å². The molecule has 0 spiro atoms. The molecule has 0 radical (unpaired) electrons. The minimum atomic E-state index is -3.41. The third-order valence-electron chi connectivity index (χ3n) is 4.32. The zero-order valence-corrected chi connectivity index (χ0v) is 15.0. The maximum atomic E-state index is 12.2. The number of rotatable bonds is 7. The van der Waals surface area contributed by atoms with Crippen LogP contribution < -0.4 is 4.72 Å². The summed E-state index contributed by atoms with van der Waals surface area (Å²) in [4.78, 5) is 2.64. The molecule has 1 saturated heterocycles. The van der Waals surface area contributed by atoms with Crippen molar-refractivity contribution in [1.82, 2.24) is 9.62 Å². The lowest BCUT2D eigenvalue weighted by Crippen LogP contribution is -2.39. The van der Waals surface area contributed by atoms with Gasteiger partial charge in [-0.1, -0.05) is 48.5 Å². The standard InChI is InChI=1S/C19H24N2O3S/c22-25(23,18-10-5-2-6-11-18)20-12-7-13-21-14-15-24-19(16-21)17-8-3-1-4-9-17/h1-6,8-11,19-20H,7,12-16H2. The van der Waals surface area contributed by atoms with Gasteiger partial charge in [-0.3, -0.25) is 4.90 Å². The monoisotopic (exact) mass is 360 g/mol. The predicted molar refractivity (Wildman–Crippen MR) is 97.8 cm³/mol. The summed E-state index contributed by atoms with van der Waals surface area (Å²) in [7, 11) is -3.41. The van der Waals surface area contributed by atoms with Crippen molar-refractivity contribution in [2.75, 3.05) is 32.8 Å². The van der Waals surface area contributed by atoms with Gasteiger partial charge in [-0.2, -0.15) is 0 Å². The second-order valence-electron chi connectivity index (χ2n) is 6.14. The van der Waals surface area contributed by atoms with Crippen LogP contribution in [0.2, 0.25) is 0 Å². The van der Waals surface area contributed by atoms with Crippen LogP contribution in [-0.2, 0) is 14.8 Å². The van der Waals surface area contributed by atoms with Crippen LogP contribution in [0.3, 0.4) is 0 Å². The van der Waals surface area contributed by atoms with Crippen LogP contribution in [0.4, 0.5) is 0 Å². The topological polar surface area (TPSA) is 58.6 Å². The Morgan fingerprint density at radius 3 is 2.44 bits per heavy atom. The summed E-state index contributed by atoms with van der Waals surface area (Å²) in [6.07, 6.45) is 0.865. The highest BCUT2D eigenvalue weighted by Crippen LogP contribution is 2.21. The molecule has 0 amide bonds. The van der Waals surface area contributed by atoms with E-state index in [0.29, 0.717) is 18.0 Å². The molecule has 1 aliphatic heterocycles. The molecule has 5 nitrogen and oxygen atoms in total. The second-order valence-corrected chi connectivity index (χ2v) is 7.90. The lowest BCUT2D eigenvalue weighted by Gasteiger charge is -2.33. The molecule has 1 N–H and O–H groups in total. The van der Waals surface area contributed by atoms with Gasteiger partial charge in [0.05, 0.1) is 17.6 Å². The second kappa shape index (κ2) is 8.58. The molecule has 1 aliphatic rings. The summed E-state index contributed by atoms with van der Waals surface area (Å²) in [5.74, 6) is 0. The zero-order chi connectivity index (χ0) is 17.5. The van der Waals surface area contributed by atoms with Crippen molar-refractivity contribution >= 4 is 10.0 Å². The summed E-state index contributed by atoms with van der Waals surface area (Å²) < 4.78 is 32.9. The molecule has 1 unspecified atom stereocenters. The van der Waals surface area contributed by atoms with Gasteiger partial charge >= 0.3 is 0 Å². The van der Waals surface area contributed by atoms with Crippen molar-refractivity contribution in [2.45, 2.75) is 17.4 Å². The van der Waals surface area contributed by atoms with Gasteiger partial charge in [0, 0.05) is 19.6 Å². The number of nitrogens with zero attached hydrogens (tertiary/aromatic N) is 1. The first kappa shape index (κ1) is 18.1. The smallest absolute Gasteiger partial charge is 0.240 e. The molecule has 6 heteroatoms. The quantitative estimate of drug-likeness (QED) is 0.771. The molecule has 0 saturated carbocycles. The molecule has 0 aliphatic carbocycles. The van der Waals surface area contributed by atoms with Crippen molar-refractivity contribution in [3.8, 4) is 0 Å². The fraction of sp³-hybridized carbons (Fsp3) is 0.368. The average Bonchev–Trinajstić information content (AvgIpc) is 2.67. The van der Waals surface area contributed by atoms with E-state index in [9.17, 15) is 8.42 Å². The highest BCUT2D eigenvalue weighted by atomic mass is 32.2. The molecule has 1 heterocycles. The molecule has 25 heavy (non-hydrogen) atoms. The summed E-state index contributed by atoms with van der Waals surface area (Å²) in [6, 6.07) is 18.7. The van der Waals surface area contributed by atoms with Crippen LogP contribution in [-0.4, -0.2) is 46.1 Å². The summed E-state index contributed by atoms with van der Waals surface area (Å²) in [6.45, 7) is 3.72. The Labute approximate surface area is 149 Å². The van der Waals surface area contributed by atoms with Crippen LogP contribution in [0.1, 0.15) is 18.1 Å². The van der Waals surface area contributed by atoms with E-state index in [1.165, 1.54) is 5.56 Å². The normalized spacial score (nSPS) is 19.0. The van der Waals surface area contributed by atoms with E-state index in [0.717, 1.165) is 26.1 Å². The summed E-state index contributed by atoms with van der Waals surface area (Å²) >= 11 is 0. The highest BCUT2D eigenvalue weighted by molar-refractivity contribution is 7.89. The first-order valence-corrected chi connectivity index (χ1v) is 10.1. The Hall–Kier alpha value is -1.73. The number of hydrogen-bond acceptors (Lipinski definition) is 4. The van der Waals surface area contributed by atoms with Gasteiger partial charge in [0.25, 0.3) is 0 Å². The minimum Gasteiger partial charge on any atom is -0.371 e. The summed E-state index contributed by atoms with van der Waals surface area (Å²) in [5, 5.41) is 0. The Balaban J connectivity index is 1.45. The van der Waals surface area contributed by atoms with Gasteiger partial charge in [-0.15, -0.1) is 0 Å². The van der Waals surface area contributed by atoms with Crippen LogP contribution in [0, 0.1) is 0 Å². The average molecular weight is 360 g/mol. The number of benzene rings is 2. The molecule has 1 fully saturated rings. The SMILES string of the molecule is O=S(=O)(NCCCN1CCOC(c2ccccc2)C1)c1ccccc1. The minimum absolute atomic E-state index is 0.0935.